The lowest BCUT2D eigenvalue weighted by Crippen LogP contribution is -2.39. The topological polar surface area (TPSA) is 68.5 Å². The van der Waals surface area contributed by atoms with Crippen LogP contribution in [0.2, 0.25) is 0 Å². The van der Waals surface area contributed by atoms with Crippen LogP contribution >= 0.6 is 0 Å². The van der Waals surface area contributed by atoms with Crippen LogP contribution in [0.5, 0.6) is 5.75 Å². The van der Waals surface area contributed by atoms with Crippen LogP contribution in [0.4, 0.5) is 4.39 Å². The van der Waals surface area contributed by atoms with Crippen molar-refractivity contribution in [1.29, 1.82) is 0 Å². The summed E-state index contributed by atoms with van der Waals surface area (Å²) in [5.41, 5.74) is 1.31. The molecule has 1 N–H and O–H groups in total. The highest BCUT2D eigenvalue weighted by Gasteiger charge is 2.31. The molecule has 116 valence electrons. The van der Waals surface area contributed by atoms with Crippen LogP contribution in [0.25, 0.3) is 11.0 Å². The van der Waals surface area contributed by atoms with E-state index >= 15 is 0 Å². The van der Waals surface area contributed by atoms with Crippen LogP contribution in [0, 0.1) is 0 Å². The number of amides is 2. The highest BCUT2D eigenvalue weighted by molar-refractivity contribution is 6.03. The van der Waals surface area contributed by atoms with E-state index < -0.39 is 12.6 Å². The molecule has 1 fully saturated rings. The Balaban J connectivity index is 1.96. The van der Waals surface area contributed by atoms with Gasteiger partial charge in [0.25, 0.3) is 0 Å². The van der Waals surface area contributed by atoms with Gasteiger partial charge < -0.3 is 9.15 Å². The molecule has 1 aromatic carbocycles. The third-order valence-electron chi connectivity index (χ3n) is 3.74. The number of fused-ring (bicyclic) bond motifs is 1. The number of carbonyl (C=O) groups is 2. The second-order valence-corrected chi connectivity index (χ2v) is 5.22. The molecule has 1 aliphatic heterocycles. The van der Waals surface area contributed by atoms with Gasteiger partial charge in [0.2, 0.25) is 11.8 Å². The Morgan fingerprint density at radius 3 is 3.00 bits per heavy atom. The third kappa shape index (κ3) is 2.68. The summed E-state index contributed by atoms with van der Waals surface area (Å²) in [6, 6.07) is 5.34. The predicted octanol–water partition coefficient (Wildman–Crippen LogP) is 2.69. The lowest BCUT2D eigenvalue weighted by molar-refractivity contribution is -0.134. The van der Waals surface area contributed by atoms with E-state index in [4.69, 9.17) is 9.15 Å². The van der Waals surface area contributed by atoms with Crippen molar-refractivity contribution in [2.24, 2.45) is 0 Å². The van der Waals surface area contributed by atoms with Gasteiger partial charge in [-0.25, -0.2) is 0 Å². The van der Waals surface area contributed by atoms with E-state index in [1.165, 1.54) is 6.26 Å². The number of alkyl halides is 1. The van der Waals surface area contributed by atoms with Crippen molar-refractivity contribution in [3.05, 3.63) is 30.0 Å². The van der Waals surface area contributed by atoms with Crippen molar-refractivity contribution < 1.29 is 23.1 Å². The molecule has 1 aromatic heterocycles. The van der Waals surface area contributed by atoms with Crippen molar-refractivity contribution in [2.75, 3.05) is 13.3 Å². The van der Waals surface area contributed by atoms with Crippen molar-refractivity contribution >= 4 is 22.8 Å². The van der Waals surface area contributed by atoms with Crippen molar-refractivity contribution in [2.45, 2.75) is 25.2 Å². The van der Waals surface area contributed by atoms with Crippen LogP contribution in [-0.4, -0.2) is 25.1 Å². The molecule has 0 bridgehead atoms. The van der Waals surface area contributed by atoms with Crippen LogP contribution in [0.3, 0.4) is 0 Å². The van der Waals surface area contributed by atoms with Gasteiger partial charge in [0.1, 0.15) is 11.3 Å². The summed E-state index contributed by atoms with van der Waals surface area (Å²) in [4.78, 5) is 23.3. The average molecular weight is 305 g/mol. The third-order valence-corrected chi connectivity index (χ3v) is 3.74. The zero-order chi connectivity index (χ0) is 15.5. The second kappa shape index (κ2) is 6.17. The predicted molar refractivity (Wildman–Crippen MR) is 77.4 cm³/mol. The van der Waals surface area contributed by atoms with Gasteiger partial charge in [-0.3, -0.25) is 19.3 Å². The number of piperidine rings is 1. The lowest BCUT2D eigenvalue weighted by atomic mass is 9.90. The fourth-order valence-electron chi connectivity index (χ4n) is 2.68. The van der Waals surface area contributed by atoms with E-state index in [0.29, 0.717) is 36.2 Å². The van der Waals surface area contributed by atoms with Crippen molar-refractivity contribution in [3.63, 3.8) is 0 Å². The summed E-state index contributed by atoms with van der Waals surface area (Å²) in [5.74, 6) is -0.449. The van der Waals surface area contributed by atoms with Gasteiger partial charge in [-0.15, -0.1) is 0 Å². The molecule has 1 unspecified atom stereocenters. The molecule has 5 nitrogen and oxygen atoms in total. The molecule has 2 heterocycles. The molecule has 0 radical (unpaired) electrons. The van der Waals surface area contributed by atoms with Gasteiger partial charge in [-0.05, 0) is 18.6 Å². The number of imide groups is 1. The first-order chi connectivity index (χ1) is 10.7. The summed E-state index contributed by atoms with van der Waals surface area (Å²) in [7, 11) is 0. The summed E-state index contributed by atoms with van der Waals surface area (Å²) in [6.45, 7) is -0.184. The molecule has 2 aromatic rings. The minimum absolute atomic E-state index is 0.256. The molecule has 0 spiro atoms. The number of halogens is 1. The molecule has 0 aliphatic carbocycles. The van der Waals surface area contributed by atoms with Gasteiger partial charge in [-0.2, -0.15) is 0 Å². The first-order valence-corrected chi connectivity index (χ1v) is 7.23. The Morgan fingerprint density at radius 1 is 1.36 bits per heavy atom. The molecule has 1 atom stereocenters. The number of nitrogens with one attached hydrogen (secondary N) is 1. The normalized spacial score (nSPS) is 18.5. The van der Waals surface area contributed by atoms with E-state index in [1.807, 2.05) is 0 Å². The Labute approximate surface area is 126 Å². The molecule has 3 rings (SSSR count). The van der Waals surface area contributed by atoms with E-state index in [2.05, 4.69) is 5.32 Å². The highest BCUT2D eigenvalue weighted by atomic mass is 19.1. The standard InChI is InChI=1S/C16H16FNO4/c17-7-2-8-21-12-3-1-4-13-15(12)11(9-22-13)10-5-6-14(19)18-16(10)20/h1,3-4,9-10H,2,5-8H2,(H,18,19,20). The van der Waals surface area contributed by atoms with E-state index in [1.54, 1.807) is 18.2 Å². The van der Waals surface area contributed by atoms with Crippen molar-refractivity contribution in [3.8, 4) is 5.75 Å². The number of rotatable bonds is 5. The van der Waals surface area contributed by atoms with Crippen molar-refractivity contribution in [1.82, 2.24) is 5.32 Å². The van der Waals surface area contributed by atoms with E-state index in [0.717, 1.165) is 5.39 Å². The van der Waals surface area contributed by atoms with Crippen LogP contribution in [0.15, 0.2) is 28.9 Å². The Kier molecular flexibility index (Phi) is 4.09. The second-order valence-electron chi connectivity index (χ2n) is 5.22. The van der Waals surface area contributed by atoms with Gasteiger partial charge in [-0.1, -0.05) is 6.07 Å². The first-order valence-electron chi connectivity index (χ1n) is 7.23. The summed E-state index contributed by atoms with van der Waals surface area (Å²) in [6.07, 6.45) is 2.58. The molecule has 2 amide bonds. The highest BCUT2D eigenvalue weighted by Crippen LogP contribution is 2.37. The fraction of sp³-hybridized carbons (Fsp3) is 0.375. The maximum atomic E-state index is 12.2. The molecular weight excluding hydrogens is 289 g/mol. The van der Waals surface area contributed by atoms with E-state index in [-0.39, 0.29) is 18.4 Å². The fourth-order valence-corrected chi connectivity index (χ4v) is 2.68. The SMILES string of the molecule is O=C1CCC(c2coc3cccc(OCCCF)c23)C(=O)N1. The largest absolute Gasteiger partial charge is 0.493 e. The van der Waals surface area contributed by atoms with Gasteiger partial charge >= 0.3 is 0 Å². The minimum atomic E-state index is -0.443. The lowest BCUT2D eigenvalue weighted by Gasteiger charge is -2.20. The van der Waals surface area contributed by atoms with Gasteiger partial charge in [0, 0.05) is 18.4 Å². The smallest absolute Gasteiger partial charge is 0.234 e. The number of ether oxygens (including phenoxy) is 1. The Morgan fingerprint density at radius 2 is 2.23 bits per heavy atom. The molecule has 22 heavy (non-hydrogen) atoms. The quantitative estimate of drug-likeness (QED) is 0.681. The van der Waals surface area contributed by atoms with Crippen LogP contribution in [0.1, 0.15) is 30.7 Å². The Hall–Kier alpha value is -2.37. The number of hydrogen-bond donors (Lipinski definition) is 1. The zero-order valence-corrected chi connectivity index (χ0v) is 11.9. The number of hydrogen-bond acceptors (Lipinski definition) is 4. The summed E-state index contributed by atoms with van der Waals surface area (Å²) < 4.78 is 23.3. The maximum absolute atomic E-state index is 12.2. The first kappa shape index (κ1) is 14.6. The zero-order valence-electron chi connectivity index (χ0n) is 11.9. The van der Waals surface area contributed by atoms with E-state index in [9.17, 15) is 14.0 Å². The molecule has 0 saturated carbocycles. The van der Waals surface area contributed by atoms with Gasteiger partial charge in [0.15, 0.2) is 0 Å². The van der Waals surface area contributed by atoms with Crippen LogP contribution < -0.4 is 10.1 Å². The number of furan rings is 1. The van der Waals surface area contributed by atoms with Crippen LogP contribution in [-0.2, 0) is 9.59 Å². The Bertz CT molecular complexity index is 709. The summed E-state index contributed by atoms with van der Waals surface area (Å²) in [5, 5.41) is 3.06. The average Bonchev–Trinajstić information content (AvgIpc) is 2.92. The van der Waals surface area contributed by atoms with Gasteiger partial charge in [0.05, 0.1) is 30.8 Å². The molecule has 1 aliphatic rings. The monoisotopic (exact) mass is 305 g/mol. The maximum Gasteiger partial charge on any atom is 0.234 e. The summed E-state index contributed by atoms with van der Waals surface area (Å²) >= 11 is 0. The number of benzene rings is 1. The number of carbonyl (C=O) groups excluding carboxylic acids is 2. The molecule has 1 saturated heterocycles. The minimum Gasteiger partial charge on any atom is -0.493 e. The molecular formula is C16H16FNO4. The molecule has 6 heteroatoms.